The Morgan fingerprint density at radius 1 is 1.00 bits per heavy atom. The van der Waals surface area contributed by atoms with Crippen molar-refractivity contribution in [2.75, 3.05) is 6.61 Å². The molecule has 0 spiro atoms. The lowest BCUT2D eigenvalue weighted by Crippen LogP contribution is -2.62. The van der Waals surface area contributed by atoms with Gasteiger partial charge in [-0.25, -0.2) is 14.4 Å². The van der Waals surface area contributed by atoms with Gasteiger partial charge in [0, 0.05) is 5.92 Å². The van der Waals surface area contributed by atoms with Crippen LogP contribution in [-0.4, -0.2) is 97.8 Å². The summed E-state index contributed by atoms with van der Waals surface area (Å²) in [7, 11) is 0. The van der Waals surface area contributed by atoms with Gasteiger partial charge in [-0.2, -0.15) is 0 Å². The van der Waals surface area contributed by atoms with Crippen molar-refractivity contribution < 1.29 is 64.0 Å². The van der Waals surface area contributed by atoms with Crippen molar-refractivity contribution in [3.8, 4) is 0 Å². The number of hydrogen-bond donors (Lipinski definition) is 6. The van der Waals surface area contributed by atoms with Crippen LogP contribution in [0.3, 0.4) is 0 Å². The van der Waals surface area contributed by atoms with Gasteiger partial charge in [-0.3, -0.25) is 0 Å². The highest BCUT2D eigenvalue weighted by Crippen LogP contribution is 2.47. The number of allylic oxidation sites excluding steroid dienone is 1. The lowest BCUT2D eigenvalue weighted by molar-refractivity contribution is -0.354. The maximum Gasteiger partial charge on any atom is 0.338 e. The Morgan fingerprint density at radius 3 is 2.33 bits per heavy atom. The van der Waals surface area contributed by atoms with Crippen LogP contribution < -0.4 is 0 Å². The van der Waals surface area contributed by atoms with E-state index in [0.29, 0.717) is 0 Å². The molecule has 1 aromatic carbocycles. The second kappa shape index (κ2) is 9.97. The normalized spacial score (nSPS) is 35.6. The molecule has 4 rings (SSSR count). The Labute approximate surface area is 203 Å². The minimum absolute atomic E-state index is 0.146. The Bertz CT molecular complexity index is 1080. The highest BCUT2D eigenvalue weighted by molar-refractivity contribution is 5.93. The van der Waals surface area contributed by atoms with Crippen LogP contribution >= 0.6 is 0 Å². The van der Waals surface area contributed by atoms with Crippen molar-refractivity contribution in [2.45, 2.75) is 49.0 Å². The van der Waals surface area contributed by atoms with E-state index in [1.807, 2.05) is 0 Å². The number of aliphatic hydroxyl groups is 4. The number of fused-ring (bicyclic) bond motifs is 1. The summed E-state index contributed by atoms with van der Waals surface area (Å²) in [6, 6.07) is 7.91. The highest BCUT2D eigenvalue weighted by atomic mass is 16.8. The van der Waals surface area contributed by atoms with Gasteiger partial charge in [0.25, 0.3) is 0 Å². The molecule has 0 amide bonds. The molecule has 0 bridgehead atoms. The minimum atomic E-state index is -2.48. The SMILES string of the molecule is O=C(O)C1=CO[C@@H](O[C@@H]2O[C@H](COC(=O)c3ccccc3)[C@H](O)[C@H](O)[C@H]2O)[C@]2(O)C(C(=O)O)=CC[C@H]12. The fourth-order valence-corrected chi connectivity index (χ4v) is 4.44. The lowest BCUT2D eigenvalue weighted by Gasteiger charge is -2.45. The molecule has 1 fully saturated rings. The third-order valence-electron chi connectivity index (χ3n) is 6.37. The molecule has 13 heteroatoms. The Hall–Kier alpha value is -3.33. The number of benzene rings is 1. The topological polar surface area (TPSA) is 210 Å². The predicted molar refractivity (Wildman–Crippen MR) is 114 cm³/mol. The molecule has 3 aliphatic rings. The maximum atomic E-state index is 12.2. The first-order chi connectivity index (χ1) is 17.1. The van der Waals surface area contributed by atoms with E-state index >= 15 is 0 Å². The molecule has 0 unspecified atom stereocenters. The quantitative estimate of drug-likeness (QED) is 0.238. The average Bonchev–Trinajstić information content (AvgIpc) is 3.22. The highest BCUT2D eigenvalue weighted by Gasteiger charge is 2.60. The summed E-state index contributed by atoms with van der Waals surface area (Å²) in [6.45, 7) is -0.555. The fourth-order valence-electron chi connectivity index (χ4n) is 4.44. The van der Waals surface area contributed by atoms with E-state index in [1.165, 1.54) is 12.1 Å². The fraction of sp³-hybridized carbons (Fsp3) is 0.435. The number of rotatable bonds is 7. The third-order valence-corrected chi connectivity index (χ3v) is 6.37. The lowest BCUT2D eigenvalue weighted by atomic mass is 9.79. The van der Waals surface area contributed by atoms with Crippen LogP contribution in [0.1, 0.15) is 16.8 Å². The number of esters is 1. The Morgan fingerprint density at radius 2 is 1.69 bits per heavy atom. The van der Waals surface area contributed by atoms with E-state index < -0.39 is 84.2 Å². The van der Waals surface area contributed by atoms with Crippen molar-refractivity contribution in [3.05, 3.63) is 59.4 Å². The summed E-state index contributed by atoms with van der Waals surface area (Å²) >= 11 is 0. The summed E-state index contributed by atoms with van der Waals surface area (Å²) in [5.74, 6) is -4.98. The summed E-state index contributed by atoms with van der Waals surface area (Å²) in [5, 5.41) is 61.3. The van der Waals surface area contributed by atoms with Crippen LogP contribution in [0.5, 0.6) is 0 Å². The standard InChI is InChI=1S/C23H24O13/c24-15-14(9-33-20(31)10-4-2-1-3-5-10)35-21(17(26)16(15)25)36-22-23(32)12(6-7-13(23)19(29)30)11(8-34-22)18(27)28/h1-5,7-8,12,14-17,21-22,24-26,32H,6,9H2,(H,27,28)(H,29,30)/t12-,14-,15+,16+,17-,21+,22+,23-/m1/s1. The molecule has 194 valence electrons. The van der Waals surface area contributed by atoms with Crippen LogP contribution in [0, 0.1) is 5.92 Å². The van der Waals surface area contributed by atoms with Gasteiger partial charge in [0.1, 0.15) is 31.0 Å². The monoisotopic (exact) mass is 508 g/mol. The number of ether oxygens (including phenoxy) is 4. The van der Waals surface area contributed by atoms with E-state index in [4.69, 9.17) is 18.9 Å². The van der Waals surface area contributed by atoms with Gasteiger partial charge in [0.2, 0.25) is 6.29 Å². The van der Waals surface area contributed by atoms with Crippen molar-refractivity contribution in [1.82, 2.24) is 0 Å². The number of carbonyl (C=O) groups is 3. The predicted octanol–water partition coefficient (Wildman–Crippen LogP) is -1.25. The third kappa shape index (κ3) is 4.48. The van der Waals surface area contributed by atoms with Gasteiger partial charge in [0.15, 0.2) is 11.9 Å². The molecule has 8 atom stereocenters. The van der Waals surface area contributed by atoms with Crippen molar-refractivity contribution in [1.29, 1.82) is 0 Å². The van der Waals surface area contributed by atoms with Crippen LogP contribution in [0.4, 0.5) is 0 Å². The molecule has 2 aliphatic heterocycles. The summed E-state index contributed by atoms with van der Waals surface area (Å²) < 4.78 is 21.3. The van der Waals surface area contributed by atoms with E-state index in [2.05, 4.69) is 0 Å². The number of carboxylic acid groups (broad SMARTS) is 2. The first kappa shape index (κ1) is 25.8. The van der Waals surface area contributed by atoms with E-state index in [-0.39, 0.29) is 12.0 Å². The van der Waals surface area contributed by atoms with Gasteiger partial charge in [-0.05, 0) is 18.6 Å². The van der Waals surface area contributed by atoms with Crippen LogP contribution in [0.25, 0.3) is 0 Å². The molecule has 0 radical (unpaired) electrons. The summed E-state index contributed by atoms with van der Waals surface area (Å²) in [4.78, 5) is 35.5. The Kier molecular flexibility index (Phi) is 7.13. The molecule has 0 saturated carbocycles. The molecule has 13 nitrogen and oxygen atoms in total. The second-order valence-electron chi connectivity index (χ2n) is 8.50. The van der Waals surface area contributed by atoms with Gasteiger partial charge in [-0.15, -0.1) is 0 Å². The van der Waals surface area contributed by atoms with Crippen molar-refractivity contribution in [2.24, 2.45) is 5.92 Å². The van der Waals surface area contributed by atoms with E-state index in [1.54, 1.807) is 18.2 Å². The first-order valence-electron chi connectivity index (χ1n) is 10.9. The Balaban J connectivity index is 1.52. The second-order valence-corrected chi connectivity index (χ2v) is 8.50. The maximum absolute atomic E-state index is 12.2. The molecule has 6 N–H and O–H groups in total. The number of aliphatic carboxylic acids is 2. The number of carbonyl (C=O) groups excluding carboxylic acids is 1. The van der Waals surface area contributed by atoms with Crippen LogP contribution in [0.2, 0.25) is 0 Å². The summed E-state index contributed by atoms with van der Waals surface area (Å²) in [6.07, 6.45) is -8.71. The molecule has 2 heterocycles. The van der Waals surface area contributed by atoms with E-state index in [0.717, 1.165) is 12.3 Å². The molecule has 1 aliphatic carbocycles. The minimum Gasteiger partial charge on any atom is -0.478 e. The zero-order valence-corrected chi connectivity index (χ0v) is 18.5. The van der Waals surface area contributed by atoms with E-state index in [9.17, 15) is 45.0 Å². The largest absolute Gasteiger partial charge is 0.478 e. The number of hydrogen-bond acceptors (Lipinski definition) is 11. The first-order valence-corrected chi connectivity index (χ1v) is 10.9. The molecule has 0 aromatic heterocycles. The summed E-state index contributed by atoms with van der Waals surface area (Å²) in [5.41, 5.74) is -3.23. The molecule has 1 aromatic rings. The number of carboxylic acids is 2. The van der Waals surface area contributed by atoms with Gasteiger partial charge in [0.05, 0.1) is 23.0 Å². The van der Waals surface area contributed by atoms with Crippen molar-refractivity contribution in [3.63, 3.8) is 0 Å². The smallest absolute Gasteiger partial charge is 0.338 e. The molecular formula is C23H24O13. The van der Waals surface area contributed by atoms with Crippen LogP contribution in [-0.2, 0) is 28.5 Å². The number of aliphatic hydroxyl groups excluding tert-OH is 3. The average molecular weight is 508 g/mol. The molecule has 1 saturated heterocycles. The van der Waals surface area contributed by atoms with Gasteiger partial charge >= 0.3 is 17.9 Å². The molecular weight excluding hydrogens is 484 g/mol. The zero-order chi connectivity index (χ0) is 26.2. The van der Waals surface area contributed by atoms with Crippen molar-refractivity contribution >= 4 is 17.9 Å². The van der Waals surface area contributed by atoms with Gasteiger partial charge < -0.3 is 49.6 Å². The zero-order valence-electron chi connectivity index (χ0n) is 18.5. The van der Waals surface area contributed by atoms with Crippen LogP contribution in [0.15, 0.2) is 53.8 Å². The molecule has 36 heavy (non-hydrogen) atoms. The van der Waals surface area contributed by atoms with Gasteiger partial charge in [-0.1, -0.05) is 24.3 Å².